The maximum Gasteiger partial charge on any atom is 0.410 e. The van der Waals surface area contributed by atoms with E-state index < -0.39 is 11.7 Å². The number of aliphatic hydroxyl groups excluding tert-OH is 1. The molecule has 0 fully saturated rings. The van der Waals surface area contributed by atoms with Crippen molar-refractivity contribution in [2.45, 2.75) is 52.5 Å². The van der Waals surface area contributed by atoms with Crippen LogP contribution in [0.1, 0.15) is 50.5 Å². The van der Waals surface area contributed by atoms with Gasteiger partial charge in [0.1, 0.15) is 5.60 Å². The molecular formula is C15H21NO3. The van der Waals surface area contributed by atoms with Gasteiger partial charge in [0.05, 0.1) is 12.6 Å². The van der Waals surface area contributed by atoms with E-state index >= 15 is 0 Å². The first-order valence-corrected chi connectivity index (χ1v) is 6.54. The summed E-state index contributed by atoms with van der Waals surface area (Å²) >= 11 is 0. The molecule has 1 aromatic carbocycles. The molecule has 1 heterocycles. The van der Waals surface area contributed by atoms with Gasteiger partial charge in [-0.1, -0.05) is 18.2 Å². The summed E-state index contributed by atoms with van der Waals surface area (Å²) in [5, 5.41) is 9.76. The lowest BCUT2D eigenvalue weighted by Crippen LogP contribution is -2.33. The quantitative estimate of drug-likeness (QED) is 0.847. The van der Waals surface area contributed by atoms with E-state index in [9.17, 15) is 9.90 Å². The number of amides is 1. The van der Waals surface area contributed by atoms with Crippen molar-refractivity contribution in [2.24, 2.45) is 0 Å². The van der Waals surface area contributed by atoms with Crippen LogP contribution < -0.4 is 0 Å². The molecule has 19 heavy (non-hydrogen) atoms. The number of carbonyl (C=O) groups excluding carboxylic acids is 1. The minimum absolute atomic E-state index is 0.305. The SMILES string of the molecule is CC(O)c1cccc2c1CN(C(=O)OC(C)(C)C)C2. The Morgan fingerprint density at radius 3 is 2.63 bits per heavy atom. The molecule has 1 aliphatic rings. The van der Waals surface area contributed by atoms with Gasteiger partial charge in [-0.25, -0.2) is 4.79 Å². The summed E-state index contributed by atoms with van der Waals surface area (Å²) in [6.45, 7) is 8.36. The maximum atomic E-state index is 12.1. The number of aliphatic hydroxyl groups is 1. The molecule has 4 heteroatoms. The Morgan fingerprint density at radius 1 is 1.37 bits per heavy atom. The van der Waals surface area contributed by atoms with E-state index in [1.165, 1.54) is 0 Å². The topological polar surface area (TPSA) is 49.8 Å². The highest BCUT2D eigenvalue weighted by Gasteiger charge is 2.29. The number of benzene rings is 1. The van der Waals surface area contributed by atoms with E-state index in [2.05, 4.69) is 0 Å². The van der Waals surface area contributed by atoms with Gasteiger partial charge in [0.2, 0.25) is 0 Å². The zero-order chi connectivity index (χ0) is 14.2. The predicted molar refractivity (Wildman–Crippen MR) is 72.6 cm³/mol. The number of ether oxygens (including phenoxy) is 1. The molecule has 4 nitrogen and oxygen atoms in total. The number of fused-ring (bicyclic) bond motifs is 1. The molecule has 0 radical (unpaired) electrons. The zero-order valence-corrected chi connectivity index (χ0v) is 11.9. The van der Waals surface area contributed by atoms with Crippen molar-refractivity contribution >= 4 is 6.09 Å². The van der Waals surface area contributed by atoms with Crippen molar-refractivity contribution in [3.63, 3.8) is 0 Å². The van der Waals surface area contributed by atoms with Gasteiger partial charge in [0, 0.05) is 6.54 Å². The molecule has 104 valence electrons. The maximum absolute atomic E-state index is 12.1. The monoisotopic (exact) mass is 263 g/mol. The summed E-state index contributed by atoms with van der Waals surface area (Å²) in [7, 11) is 0. The lowest BCUT2D eigenvalue weighted by molar-refractivity contribution is 0.0241. The number of carbonyl (C=O) groups is 1. The van der Waals surface area contributed by atoms with Crippen molar-refractivity contribution in [3.8, 4) is 0 Å². The van der Waals surface area contributed by atoms with Crippen molar-refractivity contribution in [3.05, 3.63) is 34.9 Å². The lowest BCUT2D eigenvalue weighted by Gasteiger charge is -2.24. The summed E-state index contributed by atoms with van der Waals surface area (Å²) in [6, 6.07) is 5.81. The fourth-order valence-corrected chi connectivity index (χ4v) is 2.29. The van der Waals surface area contributed by atoms with Crippen LogP contribution in [-0.2, 0) is 17.8 Å². The average molecular weight is 263 g/mol. The fraction of sp³-hybridized carbons (Fsp3) is 0.533. The summed E-state index contributed by atoms with van der Waals surface area (Å²) in [4.78, 5) is 13.7. The molecule has 1 amide bonds. The van der Waals surface area contributed by atoms with Gasteiger partial charge in [-0.3, -0.25) is 4.90 Å². The average Bonchev–Trinajstić information content (AvgIpc) is 2.69. The van der Waals surface area contributed by atoms with Crippen LogP contribution in [-0.4, -0.2) is 21.7 Å². The fourth-order valence-electron chi connectivity index (χ4n) is 2.29. The molecule has 1 atom stereocenters. The molecule has 1 N–H and O–H groups in total. The van der Waals surface area contributed by atoms with Crippen LogP contribution in [0.5, 0.6) is 0 Å². The number of hydrogen-bond acceptors (Lipinski definition) is 3. The van der Waals surface area contributed by atoms with E-state index in [4.69, 9.17) is 4.74 Å². The first kappa shape index (κ1) is 13.9. The Balaban J connectivity index is 2.16. The minimum atomic E-state index is -0.520. The van der Waals surface area contributed by atoms with E-state index in [0.717, 1.165) is 16.7 Å². The molecule has 1 unspecified atom stereocenters. The van der Waals surface area contributed by atoms with Crippen molar-refractivity contribution in [2.75, 3.05) is 0 Å². The first-order chi connectivity index (χ1) is 8.78. The molecule has 0 aliphatic carbocycles. The molecule has 0 saturated heterocycles. The molecule has 1 aromatic rings. The Morgan fingerprint density at radius 2 is 2.05 bits per heavy atom. The van der Waals surface area contributed by atoms with Crippen LogP contribution >= 0.6 is 0 Å². The third kappa shape index (κ3) is 3.07. The Labute approximate surface area is 114 Å². The molecule has 0 saturated carbocycles. The van der Waals surface area contributed by atoms with Crippen LogP contribution in [0.15, 0.2) is 18.2 Å². The minimum Gasteiger partial charge on any atom is -0.444 e. The van der Waals surface area contributed by atoms with E-state index in [-0.39, 0.29) is 6.09 Å². The second kappa shape index (κ2) is 4.85. The Bertz CT molecular complexity index is 489. The normalized spacial score (nSPS) is 16.2. The standard InChI is InChI=1S/C15H21NO3/c1-10(17)12-7-5-6-11-8-16(9-13(11)12)14(18)19-15(2,3)4/h5-7,10,17H,8-9H2,1-4H3. The molecule has 0 spiro atoms. The first-order valence-electron chi connectivity index (χ1n) is 6.54. The van der Waals surface area contributed by atoms with E-state index in [1.54, 1.807) is 11.8 Å². The molecular weight excluding hydrogens is 242 g/mol. The highest BCUT2D eigenvalue weighted by atomic mass is 16.6. The van der Waals surface area contributed by atoms with E-state index in [1.807, 2.05) is 39.0 Å². The summed E-state index contributed by atoms with van der Waals surface area (Å²) in [5.41, 5.74) is 2.54. The van der Waals surface area contributed by atoms with Crippen molar-refractivity contribution in [1.82, 2.24) is 4.90 Å². The van der Waals surface area contributed by atoms with Gasteiger partial charge < -0.3 is 9.84 Å². The smallest absolute Gasteiger partial charge is 0.410 e. The molecule has 0 aromatic heterocycles. The van der Waals surface area contributed by atoms with Gasteiger partial charge >= 0.3 is 6.09 Å². The number of hydrogen-bond donors (Lipinski definition) is 1. The second-order valence-electron chi connectivity index (χ2n) is 6.00. The van der Waals surface area contributed by atoms with Crippen LogP contribution in [0.2, 0.25) is 0 Å². The van der Waals surface area contributed by atoms with Crippen LogP contribution in [0.25, 0.3) is 0 Å². The van der Waals surface area contributed by atoms with Crippen LogP contribution in [0.3, 0.4) is 0 Å². The van der Waals surface area contributed by atoms with Gasteiger partial charge in [-0.2, -0.15) is 0 Å². The Kier molecular flexibility index (Phi) is 3.54. The summed E-state index contributed by atoms with van der Waals surface area (Å²) in [5.74, 6) is 0. The number of nitrogens with zero attached hydrogens (tertiary/aromatic N) is 1. The third-order valence-electron chi connectivity index (χ3n) is 3.12. The molecule has 1 aliphatic heterocycles. The summed E-state index contributed by atoms with van der Waals surface area (Å²) < 4.78 is 5.38. The third-order valence-corrected chi connectivity index (χ3v) is 3.12. The van der Waals surface area contributed by atoms with Gasteiger partial charge in [0.15, 0.2) is 0 Å². The highest BCUT2D eigenvalue weighted by molar-refractivity contribution is 5.69. The molecule has 2 rings (SSSR count). The Hall–Kier alpha value is -1.55. The predicted octanol–water partition coefficient (Wildman–Crippen LogP) is 2.99. The molecule has 0 bridgehead atoms. The van der Waals surface area contributed by atoms with E-state index in [0.29, 0.717) is 13.1 Å². The summed E-state index contributed by atoms with van der Waals surface area (Å²) in [6.07, 6.45) is -0.825. The highest BCUT2D eigenvalue weighted by Crippen LogP contribution is 2.30. The van der Waals surface area contributed by atoms with Crippen LogP contribution in [0.4, 0.5) is 4.79 Å². The largest absolute Gasteiger partial charge is 0.444 e. The van der Waals surface area contributed by atoms with Crippen molar-refractivity contribution in [1.29, 1.82) is 0 Å². The number of rotatable bonds is 1. The van der Waals surface area contributed by atoms with Crippen molar-refractivity contribution < 1.29 is 14.6 Å². The van der Waals surface area contributed by atoms with Gasteiger partial charge in [-0.05, 0) is 44.4 Å². The zero-order valence-electron chi connectivity index (χ0n) is 11.9. The lowest BCUT2D eigenvalue weighted by atomic mass is 10.0. The van der Waals surface area contributed by atoms with Gasteiger partial charge in [-0.15, -0.1) is 0 Å². The van der Waals surface area contributed by atoms with Gasteiger partial charge in [0.25, 0.3) is 0 Å². The second-order valence-corrected chi connectivity index (χ2v) is 6.00. The van der Waals surface area contributed by atoms with Crippen LogP contribution in [0, 0.1) is 0 Å².